The molecule has 0 radical (unpaired) electrons. The lowest BCUT2D eigenvalue weighted by molar-refractivity contribution is -0.141. The molecule has 1 aromatic carbocycles. The Balaban J connectivity index is 3.22. The van der Waals surface area contributed by atoms with E-state index in [0.29, 0.717) is 5.69 Å². The first kappa shape index (κ1) is 15.6. The lowest BCUT2D eigenvalue weighted by Crippen LogP contribution is -2.49. The largest absolute Gasteiger partial charge is 0.480 e. The molecule has 1 rings (SSSR count). The van der Waals surface area contributed by atoms with Crippen molar-refractivity contribution in [3.63, 3.8) is 0 Å². The summed E-state index contributed by atoms with van der Waals surface area (Å²) < 4.78 is 0. The summed E-state index contributed by atoms with van der Waals surface area (Å²) in [5.41, 5.74) is 6.18. The van der Waals surface area contributed by atoms with Crippen LogP contribution in [0, 0.1) is 0 Å². The van der Waals surface area contributed by atoms with Gasteiger partial charge in [-0.1, -0.05) is 23.2 Å². The van der Waals surface area contributed by atoms with Gasteiger partial charge in [0.05, 0.1) is 6.61 Å². The van der Waals surface area contributed by atoms with Gasteiger partial charge in [-0.15, -0.1) is 0 Å². The molecule has 0 spiro atoms. The van der Waals surface area contributed by atoms with E-state index >= 15 is 0 Å². The molecule has 19 heavy (non-hydrogen) atoms. The monoisotopic (exact) mass is 306 g/mol. The van der Waals surface area contributed by atoms with Crippen LogP contribution in [0.5, 0.6) is 0 Å². The first-order valence-corrected chi connectivity index (χ1v) is 6.06. The summed E-state index contributed by atoms with van der Waals surface area (Å²) in [5, 5.41) is 18.2. The highest BCUT2D eigenvalue weighted by Crippen LogP contribution is 2.22. The minimum atomic E-state index is -1.48. The predicted molar refractivity (Wildman–Crippen MR) is 72.3 cm³/mol. The number of alkyl halides is 2. The van der Waals surface area contributed by atoms with Gasteiger partial charge in [0.1, 0.15) is 0 Å². The van der Waals surface area contributed by atoms with E-state index < -0.39 is 29.4 Å². The number of halogens is 2. The van der Waals surface area contributed by atoms with Crippen molar-refractivity contribution < 1.29 is 19.8 Å². The first-order chi connectivity index (χ1) is 8.88. The van der Waals surface area contributed by atoms with E-state index in [1.54, 1.807) is 0 Å². The number of aliphatic carboxylic acids is 1. The van der Waals surface area contributed by atoms with Gasteiger partial charge in [-0.2, -0.15) is 0 Å². The van der Waals surface area contributed by atoms with Crippen molar-refractivity contribution in [3.05, 3.63) is 24.3 Å². The molecule has 0 aliphatic carbocycles. The quantitative estimate of drug-likeness (QED) is 0.552. The number of carboxylic acid groups (broad SMARTS) is 1. The molecule has 4 N–H and O–H groups in total. The van der Waals surface area contributed by atoms with E-state index in [1.165, 1.54) is 24.3 Å². The van der Waals surface area contributed by atoms with Crippen LogP contribution in [-0.4, -0.2) is 39.6 Å². The highest BCUT2D eigenvalue weighted by atomic mass is 35.5. The van der Waals surface area contributed by atoms with Crippen molar-refractivity contribution in [2.75, 3.05) is 17.2 Å². The summed E-state index contributed by atoms with van der Waals surface area (Å²) in [5.74, 6) is -2.21. The molecule has 0 heterocycles. The van der Waals surface area contributed by atoms with Crippen LogP contribution >= 0.6 is 23.2 Å². The smallest absolute Gasteiger partial charge is 0.329 e. The lowest BCUT2D eigenvalue weighted by Gasteiger charge is -2.28. The molecule has 1 unspecified atom stereocenters. The Kier molecular flexibility index (Phi) is 5.41. The Morgan fingerprint density at radius 3 is 2.16 bits per heavy atom. The molecular formula is C11H12Cl2N2O4. The van der Waals surface area contributed by atoms with Crippen molar-refractivity contribution in [1.29, 1.82) is 0 Å². The number of benzene rings is 1. The first-order valence-electron chi connectivity index (χ1n) is 5.19. The Labute approximate surface area is 119 Å². The van der Waals surface area contributed by atoms with Gasteiger partial charge in [0, 0.05) is 11.4 Å². The molecule has 8 heteroatoms. The topological polar surface area (TPSA) is 104 Å². The number of hydrogen-bond acceptors (Lipinski definition) is 4. The molecule has 0 aliphatic rings. The molecule has 1 atom stereocenters. The maximum atomic E-state index is 11.9. The van der Waals surface area contributed by atoms with E-state index in [0.717, 1.165) is 4.90 Å². The van der Waals surface area contributed by atoms with Crippen molar-refractivity contribution in [2.24, 2.45) is 0 Å². The second kappa shape index (κ2) is 6.60. The van der Waals surface area contributed by atoms with Gasteiger partial charge in [0.15, 0.2) is 10.9 Å². The molecule has 1 amide bonds. The molecule has 0 saturated heterocycles. The van der Waals surface area contributed by atoms with Crippen molar-refractivity contribution in [3.8, 4) is 0 Å². The van der Waals surface area contributed by atoms with Gasteiger partial charge in [-0.3, -0.25) is 9.69 Å². The Hall–Kier alpha value is -1.50. The minimum absolute atomic E-state index is 0.229. The second-order valence-electron chi connectivity index (χ2n) is 3.64. The van der Waals surface area contributed by atoms with E-state index in [-0.39, 0.29) is 5.69 Å². The SMILES string of the molecule is Nc1ccc(N(C(=O)C(Cl)Cl)C(CO)C(=O)O)cc1. The fourth-order valence-corrected chi connectivity index (χ4v) is 1.68. The number of amides is 1. The Morgan fingerprint density at radius 1 is 1.26 bits per heavy atom. The van der Waals surface area contributed by atoms with Crippen LogP contribution in [0.1, 0.15) is 0 Å². The summed E-state index contributed by atoms with van der Waals surface area (Å²) in [6, 6.07) is 4.38. The number of rotatable bonds is 5. The number of nitrogens with zero attached hydrogens (tertiary/aromatic N) is 1. The highest BCUT2D eigenvalue weighted by Gasteiger charge is 2.33. The van der Waals surface area contributed by atoms with E-state index in [2.05, 4.69) is 0 Å². The number of nitrogen functional groups attached to an aromatic ring is 1. The maximum Gasteiger partial charge on any atom is 0.329 e. The average Bonchev–Trinajstić information content (AvgIpc) is 2.35. The molecule has 0 bridgehead atoms. The zero-order valence-corrected chi connectivity index (χ0v) is 11.2. The number of carbonyl (C=O) groups is 2. The summed E-state index contributed by atoms with van der Waals surface area (Å²) in [4.78, 5) is 22.4. The summed E-state index contributed by atoms with van der Waals surface area (Å²) in [6.07, 6.45) is 0. The summed E-state index contributed by atoms with van der Waals surface area (Å²) >= 11 is 11.0. The van der Waals surface area contributed by atoms with Gasteiger partial charge >= 0.3 is 5.97 Å². The number of aliphatic hydroxyl groups excluding tert-OH is 1. The molecule has 0 aromatic heterocycles. The van der Waals surface area contributed by atoms with Crippen molar-refractivity contribution in [1.82, 2.24) is 0 Å². The number of hydrogen-bond donors (Lipinski definition) is 3. The highest BCUT2D eigenvalue weighted by molar-refractivity contribution is 6.54. The fraction of sp³-hybridized carbons (Fsp3) is 0.273. The Bertz CT molecular complexity index is 464. The fourth-order valence-electron chi connectivity index (χ4n) is 1.47. The molecule has 1 aromatic rings. The number of nitrogens with two attached hydrogens (primary N) is 1. The zero-order chi connectivity index (χ0) is 14.6. The number of anilines is 2. The number of carbonyl (C=O) groups excluding carboxylic acids is 1. The van der Waals surface area contributed by atoms with Gasteiger partial charge in [-0.05, 0) is 24.3 Å². The van der Waals surface area contributed by atoms with Gasteiger partial charge in [0.25, 0.3) is 5.91 Å². The third kappa shape index (κ3) is 3.73. The lowest BCUT2D eigenvalue weighted by atomic mass is 10.2. The second-order valence-corrected chi connectivity index (χ2v) is 4.73. The number of carboxylic acids is 1. The van der Waals surface area contributed by atoms with Crippen LogP contribution in [0.4, 0.5) is 11.4 Å². The number of aliphatic hydroxyl groups is 1. The third-order valence-corrected chi connectivity index (χ3v) is 2.74. The van der Waals surface area contributed by atoms with Gasteiger partial charge < -0.3 is 15.9 Å². The zero-order valence-electron chi connectivity index (χ0n) is 9.66. The van der Waals surface area contributed by atoms with Crippen LogP contribution in [-0.2, 0) is 9.59 Å². The van der Waals surface area contributed by atoms with Gasteiger partial charge in [-0.25, -0.2) is 4.79 Å². The molecule has 0 aliphatic heterocycles. The predicted octanol–water partition coefficient (Wildman–Crippen LogP) is 0.851. The Morgan fingerprint density at radius 2 is 1.79 bits per heavy atom. The van der Waals surface area contributed by atoms with E-state index in [4.69, 9.17) is 39.1 Å². The van der Waals surface area contributed by atoms with Gasteiger partial charge in [0.2, 0.25) is 0 Å². The van der Waals surface area contributed by atoms with E-state index in [1.807, 2.05) is 0 Å². The molecule has 104 valence electrons. The van der Waals surface area contributed by atoms with Crippen LogP contribution in [0.3, 0.4) is 0 Å². The molecule has 0 saturated carbocycles. The molecule has 6 nitrogen and oxygen atoms in total. The maximum absolute atomic E-state index is 11.9. The van der Waals surface area contributed by atoms with Crippen LogP contribution < -0.4 is 10.6 Å². The normalized spacial score (nSPS) is 12.2. The third-order valence-electron chi connectivity index (χ3n) is 2.37. The minimum Gasteiger partial charge on any atom is -0.480 e. The van der Waals surface area contributed by atoms with E-state index in [9.17, 15) is 9.59 Å². The average molecular weight is 307 g/mol. The summed E-state index contributed by atoms with van der Waals surface area (Å²) in [7, 11) is 0. The molecular weight excluding hydrogens is 295 g/mol. The van der Waals surface area contributed by atoms with Crippen LogP contribution in [0.2, 0.25) is 0 Å². The molecule has 0 fully saturated rings. The standard InChI is InChI=1S/C11H12Cl2N2O4/c12-9(13)10(17)15(8(5-16)11(18)19)7-3-1-6(14)2-4-7/h1-4,8-9,16H,5,14H2,(H,18,19). The van der Waals surface area contributed by atoms with Crippen molar-refractivity contribution >= 4 is 46.5 Å². The van der Waals surface area contributed by atoms with Crippen LogP contribution in [0.25, 0.3) is 0 Å². The summed E-state index contributed by atoms with van der Waals surface area (Å²) in [6.45, 7) is -0.772. The van der Waals surface area contributed by atoms with Crippen LogP contribution in [0.15, 0.2) is 24.3 Å². The van der Waals surface area contributed by atoms with Crippen molar-refractivity contribution in [2.45, 2.75) is 10.9 Å².